The molecule has 0 aliphatic carbocycles. The lowest BCUT2D eigenvalue weighted by atomic mass is 10.0. The molecule has 0 spiro atoms. The summed E-state index contributed by atoms with van der Waals surface area (Å²) in [6.07, 6.45) is 77.7. The summed E-state index contributed by atoms with van der Waals surface area (Å²) in [6, 6.07) is -0.555. The Morgan fingerprint density at radius 3 is 0.973 bits per heavy atom. The predicted molar refractivity (Wildman–Crippen MR) is 320 cm³/mol. The minimum Gasteiger partial charge on any atom is -0.466 e. The number of carbonyl (C=O) groups is 2. The van der Waals surface area contributed by atoms with Gasteiger partial charge in [0.05, 0.1) is 25.4 Å². The number of allylic oxidation sites excluding steroid dienone is 4. The van der Waals surface area contributed by atoms with Crippen LogP contribution in [0.3, 0.4) is 0 Å². The van der Waals surface area contributed by atoms with E-state index >= 15 is 0 Å². The second-order valence-corrected chi connectivity index (χ2v) is 22.8. The Labute approximate surface area is 456 Å². The Morgan fingerprint density at radius 1 is 0.370 bits per heavy atom. The molecule has 1 amide bonds. The molecular weight excluding hydrogens is 899 g/mol. The van der Waals surface area contributed by atoms with Gasteiger partial charge in [-0.05, 0) is 77.0 Å². The summed E-state index contributed by atoms with van der Waals surface area (Å²) < 4.78 is 5.49. The van der Waals surface area contributed by atoms with E-state index < -0.39 is 12.1 Å². The molecule has 0 aromatic carbocycles. The molecule has 432 valence electrons. The molecule has 3 N–H and O–H groups in total. The van der Waals surface area contributed by atoms with Gasteiger partial charge in [-0.25, -0.2) is 0 Å². The van der Waals surface area contributed by atoms with Crippen LogP contribution in [0.5, 0.6) is 0 Å². The standard InChI is InChI=1S/C67H129NO5/c1-3-5-7-9-11-13-15-17-19-21-23-24-25-26-27-31-35-39-43-47-51-55-59-65(70)64(63-69)68-66(71)60-56-52-48-44-40-36-32-29-30-34-38-42-46-50-54-58-62-73-67(72)61-57-53-49-45-41-37-33-28-22-20-18-16-14-12-10-8-6-4-2/h20,22,29,32,64-65,69-70H,3-19,21,23-28,30-31,33-63H2,1-2H3,(H,68,71)/b22-20-,32-29-. The van der Waals surface area contributed by atoms with Crippen molar-refractivity contribution in [3.05, 3.63) is 24.3 Å². The first-order chi connectivity index (χ1) is 36.0. The van der Waals surface area contributed by atoms with Crippen molar-refractivity contribution in [1.29, 1.82) is 0 Å². The van der Waals surface area contributed by atoms with Crippen molar-refractivity contribution in [3.8, 4) is 0 Å². The Balaban J connectivity index is 3.45. The van der Waals surface area contributed by atoms with Crippen molar-refractivity contribution in [2.24, 2.45) is 0 Å². The molecule has 6 nitrogen and oxygen atoms in total. The zero-order valence-corrected chi connectivity index (χ0v) is 49.4. The van der Waals surface area contributed by atoms with Gasteiger partial charge < -0.3 is 20.3 Å². The minimum atomic E-state index is -0.676. The highest BCUT2D eigenvalue weighted by Crippen LogP contribution is 2.18. The number of unbranched alkanes of at least 4 members (excludes halogenated alkanes) is 47. The number of carbonyl (C=O) groups excluding carboxylic acids is 2. The van der Waals surface area contributed by atoms with Crippen molar-refractivity contribution in [2.45, 2.75) is 379 Å². The van der Waals surface area contributed by atoms with Crippen LogP contribution in [0.15, 0.2) is 24.3 Å². The fraction of sp³-hybridized carbons (Fsp3) is 0.910. The molecule has 6 heteroatoms. The third-order valence-electron chi connectivity index (χ3n) is 15.5. The van der Waals surface area contributed by atoms with Gasteiger partial charge in [-0.15, -0.1) is 0 Å². The summed E-state index contributed by atoms with van der Waals surface area (Å²) in [6.45, 7) is 4.96. The number of aliphatic hydroxyl groups excluding tert-OH is 2. The summed E-state index contributed by atoms with van der Waals surface area (Å²) in [7, 11) is 0. The van der Waals surface area contributed by atoms with Gasteiger partial charge >= 0.3 is 5.97 Å². The van der Waals surface area contributed by atoms with Crippen molar-refractivity contribution in [3.63, 3.8) is 0 Å². The van der Waals surface area contributed by atoms with Crippen LogP contribution in [0, 0.1) is 0 Å². The SMILES string of the molecule is CCCCCCCCC/C=C\CCCCCCCCCC(=O)OCCCCCCCCC/C=C\CCCCCCCC(=O)NC(CO)C(O)CCCCCCCCCCCCCCCCCCCCCCCC. The molecule has 0 saturated carbocycles. The van der Waals surface area contributed by atoms with Crippen molar-refractivity contribution in [1.82, 2.24) is 5.32 Å². The normalized spacial score (nSPS) is 12.7. The number of aliphatic hydroxyl groups is 2. The van der Waals surface area contributed by atoms with Crippen LogP contribution >= 0.6 is 0 Å². The zero-order valence-electron chi connectivity index (χ0n) is 49.4. The fourth-order valence-electron chi connectivity index (χ4n) is 10.4. The van der Waals surface area contributed by atoms with E-state index in [0.29, 0.717) is 25.9 Å². The van der Waals surface area contributed by atoms with Crippen LogP contribution in [-0.2, 0) is 14.3 Å². The summed E-state index contributed by atoms with van der Waals surface area (Å²) in [5, 5.41) is 23.4. The monoisotopic (exact) mass is 1030 g/mol. The molecule has 73 heavy (non-hydrogen) atoms. The molecule has 0 aromatic rings. The van der Waals surface area contributed by atoms with Crippen molar-refractivity contribution in [2.75, 3.05) is 13.2 Å². The highest BCUT2D eigenvalue weighted by molar-refractivity contribution is 5.76. The molecule has 0 aliphatic rings. The van der Waals surface area contributed by atoms with Crippen LogP contribution in [-0.4, -0.2) is 47.4 Å². The molecule has 0 aliphatic heterocycles. The maximum absolute atomic E-state index is 12.5. The van der Waals surface area contributed by atoms with Gasteiger partial charge in [-0.1, -0.05) is 301 Å². The molecule has 0 saturated heterocycles. The lowest BCUT2D eigenvalue weighted by Crippen LogP contribution is -2.45. The number of nitrogens with one attached hydrogen (secondary N) is 1. The first-order valence-corrected chi connectivity index (χ1v) is 33.1. The maximum Gasteiger partial charge on any atom is 0.305 e. The van der Waals surface area contributed by atoms with E-state index in [1.165, 1.54) is 270 Å². The number of amides is 1. The minimum absolute atomic E-state index is 0.00470. The van der Waals surface area contributed by atoms with E-state index in [4.69, 9.17) is 4.74 Å². The number of esters is 1. The molecule has 2 atom stereocenters. The summed E-state index contributed by atoms with van der Waals surface area (Å²) in [5.74, 6) is -0.0531. The number of ether oxygens (including phenoxy) is 1. The van der Waals surface area contributed by atoms with Crippen molar-refractivity contribution < 1.29 is 24.5 Å². The van der Waals surface area contributed by atoms with E-state index in [1.54, 1.807) is 0 Å². The smallest absolute Gasteiger partial charge is 0.305 e. The van der Waals surface area contributed by atoms with E-state index in [2.05, 4.69) is 43.5 Å². The Morgan fingerprint density at radius 2 is 0.644 bits per heavy atom. The van der Waals surface area contributed by atoms with Crippen LogP contribution in [0.4, 0.5) is 0 Å². The Hall–Kier alpha value is -1.66. The maximum atomic E-state index is 12.5. The second kappa shape index (κ2) is 62.9. The lowest BCUT2D eigenvalue weighted by Gasteiger charge is -2.22. The molecule has 2 unspecified atom stereocenters. The fourth-order valence-corrected chi connectivity index (χ4v) is 10.4. The van der Waals surface area contributed by atoms with Gasteiger partial charge in [0.25, 0.3) is 0 Å². The molecule has 0 bridgehead atoms. The largest absolute Gasteiger partial charge is 0.466 e. The van der Waals surface area contributed by atoms with Gasteiger partial charge in [0.1, 0.15) is 0 Å². The van der Waals surface area contributed by atoms with Gasteiger partial charge in [-0.2, -0.15) is 0 Å². The predicted octanol–water partition coefficient (Wildman–Crippen LogP) is 21.0. The first-order valence-electron chi connectivity index (χ1n) is 33.1. The van der Waals surface area contributed by atoms with Crippen LogP contribution in [0.25, 0.3) is 0 Å². The number of hydrogen-bond donors (Lipinski definition) is 3. The average molecular weight is 1030 g/mol. The second-order valence-electron chi connectivity index (χ2n) is 22.8. The number of rotatable bonds is 62. The highest BCUT2D eigenvalue weighted by Gasteiger charge is 2.20. The third-order valence-corrected chi connectivity index (χ3v) is 15.5. The zero-order chi connectivity index (χ0) is 52.9. The van der Waals surface area contributed by atoms with Gasteiger partial charge in [0, 0.05) is 12.8 Å². The van der Waals surface area contributed by atoms with Gasteiger partial charge in [0.15, 0.2) is 0 Å². The molecule has 0 aromatic heterocycles. The third kappa shape index (κ3) is 59.4. The van der Waals surface area contributed by atoms with Crippen LogP contribution in [0.1, 0.15) is 367 Å². The molecule has 0 fully saturated rings. The Kier molecular flexibility index (Phi) is 61.4. The molecular formula is C67H129NO5. The van der Waals surface area contributed by atoms with Gasteiger partial charge in [-0.3, -0.25) is 9.59 Å². The molecule has 0 heterocycles. The van der Waals surface area contributed by atoms with E-state index in [0.717, 1.165) is 64.2 Å². The first kappa shape index (κ1) is 71.3. The molecule has 0 rings (SSSR count). The number of hydrogen-bond acceptors (Lipinski definition) is 5. The highest BCUT2D eigenvalue weighted by atomic mass is 16.5. The topological polar surface area (TPSA) is 95.9 Å². The van der Waals surface area contributed by atoms with Gasteiger partial charge in [0.2, 0.25) is 5.91 Å². The molecule has 0 radical (unpaired) electrons. The lowest BCUT2D eigenvalue weighted by molar-refractivity contribution is -0.143. The quantitative estimate of drug-likeness (QED) is 0.0320. The summed E-state index contributed by atoms with van der Waals surface area (Å²) >= 11 is 0. The average Bonchev–Trinajstić information content (AvgIpc) is 3.39. The van der Waals surface area contributed by atoms with Crippen LogP contribution in [0.2, 0.25) is 0 Å². The van der Waals surface area contributed by atoms with E-state index in [-0.39, 0.29) is 18.5 Å². The van der Waals surface area contributed by atoms with Crippen LogP contribution < -0.4 is 5.32 Å². The van der Waals surface area contributed by atoms with E-state index in [1.807, 2.05) is 0 Å². The van der Waals surface area contributed by atoms with E-state index in [9.17, 15) is 19.8 Å². The summed E-state index contributed by atoms with van der Waals surface area (Å²) in [4.78, 5) is 24.6. The van der Waals surface area contributed by atoms with Crippen molar-refractivity contribution >= 4 is 11.9 Å². The Bertz CT molecular complexity index is 1140. The summed E-state index contributed by atoms with van der Waals surface area (Å²) in [5.41, 5.74) is 0.